The Morgan fingerprint density at radius 2 is 1.74 bits per heavy atom. The Balaban J connectivity index is 1.57. The van der Waals surface area contributed by atoms with Crippen molar-refractivity contribution in [1.29, 1.82) is 0 Å². The highest BCUT2D eigenvalue weighted by Crippen LogP contribution is 2.21. The summed E-state index contributed by atoms with van der Waals surface area (Å²) >= 11 is 0. The normalized spacial score (nSPS) is 15.4. The zero-order valence-corrected chi connectivity index (χ0v) is 16.4. The molecule has 1 aliphatic heterocycles. The maximum absolute atomic E-state index is 12.9. The SMILES string of the molecule is CC[C@H](Oc1cccc(C)c1)C(=O)N1CCN(c2ccc(OC)cc2)CC1. The van der Waals surface area contributed by atoms with Crippen LogP contribution in [0.4, 0.5) is 5.69 Å². The van der Waals surface area contributed by atoms with E-state index in [0.29, 0.717) is 19.5 Å². The zero-order chi connectivity index (χ0) is 19.2. The van der Waals surface area contributed by atoms with Gasteiger partial charge in [-0.25, -0.2) is 0 Å². The third-order valence-electron chi connectivity index (χ3n) is 4.94. The summed E-state index contributed by atoms with van der Waals surface area (Å²) in [4.78, 5) is 17.1. The van der Waals surface area contributed by atoms with Crippen LogP contribution in [0.25, 0.3) is 0 Å². The number of rotatable bonds is 6. The first-order chi connectivity index (χ1) is 13.1. The van der Waals surface area contributed by atoms with Gasteiger partial charge in [-0.2, -0.15) is 0 Å². The second-order valence-electron chi connectivity index (χ2n) is 6.84. The maximum Gasteiger partial charge on any atom is 0.263 e. The van der Waals surface area contributed by atoms with E-state index in [2.05, 4.69) is 17.0 Å². The molecule has 1 fully saturated rings. The van der Waals surface area contributed by atoms with Gasteiger partial charge in [0.15, 0.2) is 6.10 Å². The number of amides is 1. The van der Waals surface area contributed by atoms with Crippen molar-refractivity contribution in [2.75, 3.05) is 38.2 Å². The summed E-state index contributed by atoms with van der Waals surface area (Å²) in [5.41, 5.74) is 2.29. The van der Waals surface area contributed by atoms with Gasteiger partial charge in [0.05, 0.1) is 7.11 Å². The number of hydrogen-bond donors (Lipinski definition) is 0. The Bertz CT molecular complexity index is 752. The smallest absolute Gasteiger partial charge is 0.263 e. The van der Waals surface area contributed by atoms with Gasteiger partial charge in [0.2, 0.25) is 0 Å². The van der Waals surface area contributed by atoms with Crippen molar-refractivity contribution >= 4 is 11.6 Å². The van der Waals surface area contributed by atoms with Gasteiger partial charge in [0.25, 0.3) is 5.91 Å². The fourth-order valence-corrected chi connectivity index (χ4v) is 3.34. The first-order valence-corrected chi connectivity index (χ1v) is 9.52. The lowest BCUT2D eigenvalue weighted by molar-refractivity contribution is -0.139. The number of nitrogens with zero attached hydrogens (tertiary/aromatic N) is 2. The molecule has 2 aromatic carbocycles. The third kappa shape index (κ3) is 4.73. The van der Waals surface area contributed by atoms with Crippen molar-refractivity contribution < 1.29 is 14.3 Å². The summed E-state index contributed by atoms with van der Waals surface area (Å²) in [5.74, 6) is 1.69. The fraction of sp³-hybridized carbons (Fsp3) is 0.409. The van der Waals surface area contributed by atoms with Gasteiger partial charge in [-0.1, -0.05) is 19.1 Å². The number of aryl methyl sites for hydroxylation is 1. The van der Waals surface area contributed by atoms with Crippen LogP contribution in [-0.2, 0) is 4.79 Å². The van der Waals surface area contributed by atoms with Crippen LogP contribution in [0, 0.1) is 6.92 Å². The standard InChI is InChI=1S/C22H28N2O3/c1-4-21(27-20-7-5-6-17(2)16-20)22(25)24-14-12-23(13-15-24)18-8-10-19(26-3)11-9-18/h5-11,16,21H,4,12-15H2,1-3H3/t21-/m0/s1. The second kappa shape index (κ2) is 8.80. The molecule has 5 heteroatoms. The van der Waals surface area contributed by atoms with Crippen LogP contribution in [0.5, 0.6) is 11.5 Å². The molecule has 1 atom stereocenters. The van der Waals surface area contributed by atoms with Crippen LogP contribution in [0.15, 0.2) is 48.5 Å². The van der Waals surface area contributed by atoms with E-state index in [1.54, 1.807) is 7.11 Å². The molecule has 0 aliphatic carbocycles. The number of carbonyl (C=O) groups is 1. The number of methoxy groups -OCH3 is 1. The molecule has 1 aliphatic rings. The lowest BCUT2D eigenvalue weighted by Gasteiger charge is -2.37. The van der Waals surface area contributed by atoms with Crippen molar-refractivity contribution in [3.63, 3.8) is 0 Å². The van der Waals surface area contributed by atoms with Gasteiger partial charge < -0.3 is 19.3 Å². The average Bonchev–Trinajstić information content (AvgIpc) is 2.72. The largest absolute Gasteiger partial charge is 0.497 e. The zero-order valence-electron chi connectivity index (χ0n) is 16.4. The van der Waals surface area contributed by atoms with Gasteiger partial charge >= 0.3 is 0 Å². The van der Waals surface area contributed by atoms with Crippen molar-refractivity contribution in [2.24, 2.45) is 0 Å². The average molecular weight is 368 g/mol. The number of anilines is 1. The highest BCUT2D eigenvalue weighted by Gasteiger charge is 2.28. The molecule has 1 saturated heterocycles. The molecule has 144 valence electrons. The van der Waals surface area contributed by atoms with Crippen molar-refractivity contribution in [3.8, 4) is 11.5 Å². The van der Waals surface area contributed by atoms with Gasteiger partial charge in [-0.3, -0.25) is 4.79 Å². The summed E-state index contributed by atoms with van der Waals surface area (Å²) in [6.07, 6.45) is 0.227. The minimum Gasteiger partial charge on any atom is -0.497 e. The number of carbonyl (C=O) groups excluding carboxylic acids is 1. The minimum atomic E-state index is -0.431. The van der Waals surface area contributed by atoms with Gasteiger partial charge in [0, 0.05) is 31.9 Å². The van der Waals surface area contributed by atoms with Crippen molar-refractivity contribution in [2.45, 2.75) is 26.4 Å². The van der Waals surface area contributed by atoms with Gasteiger partial charge in [-0.05, 0) is 55.3 Å². The topological polar surface area (TPSA) is 42.0 Å². The molecule has 0 spiro atoms. The molecule has 0 radical (unpaired) electrons. The molecule has 0 aromatic heterocycles. The molecule has 1 amide bonds. The van der Waals surface area contributed by atoms with Gasteiger partial charge in [0.1, 0.15) is 11.5 Å². The molecule has 0 bridgehead atoms. The third-order valence-corrected chi connectivity index (χ3v) is 4.94. The maximum atomic E-state index is 12.9. The molecular weight excluding hydrogens is 340 g/mol. The highest BCUT2D eigenvalue weighted by atomic mass is 16.5. The quantitative estimate of drug-likeness (QED) is 0.783. The lowest BCUT2D eigenvalue weighted by atomic mass is 10.2. The molecule has 0 N–H and O–H groups in total. The highest BCUT2D eigenvalue weighted by molar-refractivity contribution is 5.81. The van der Waals surface area contributed by atoms with E-state index in [9.17, 15) is 4.79 Å². The van der Waals surface area contributed by atoms with Crippen LogP contribution >= 0.6 is 0 Å². The predicted molar refractivity (Wildman–Crippen MR) is 108 cm³/mol. The van der Waals surface area contributed by atoms with Gasteiger partial charge in [-0.15, -0.1) is 0 Å². The Morgan fingerprint density at radius 3 is 2.33 bits per heavy atom. The summed E-state index contributed by atoms with van der Waals surface area (Å²) in [5, 5.41) is 0. The first kappa shape index (κ1) is 19.1. The van der Waals surface area contributed by atoms with E-state index in [1.165, 1.54) is 0 Å². The van der Waals surface area contributed by atoms with E-state index in [0.717, 1.165) is 35.8 Å². The summed E-state index contributed by atoms with van der Waals surface area (Å²) in [7, 11) is 1.67. The molecule has 3 rings (SSSR count). The van der Waals surface area contributed by atoms with E-state index < -0.39 is 6.10 Å². The van der Waals surface area contributed by atoms with Crippen molar-refractivity contribution in [3.05, 3.63) is 54.1 Å². The van der Waals surface area contributed by atoms with Crippen LogP contribution in [0.3, 0.4) is 0 Å². The predicted octanol–water partition coefficient (Wildman–Crippen LogP) is 3.51. The van der Waals surface area contributed by atoms with Crippen LogP contribution in [-0.4, -0.2) is 50.2 Å². The molecule has 2 aromatic rings. The molecular formula is C22H28N2O3. The number of piperazine rings is 1. The Labute approximate surface area is 161 Å². The fourth-order valence-electron chi connectivity index (χ4n) is 3.34. The van der Waals surface area contributed by atoms with E-state index in [1.807, 2.05) is 55.1 Å². The molecule has 5 nitrogen and oxygen atoms in total. The number of ether oxygens (including phenoxy) is 2. The number of benzene rings is 2. The van der Waals surface area contributed by atoms with E-state index in [4.69, 9.17) is 9.47 Å². The molecule has 1 heterocycles. The van der Waals surface area contributed by atoms with E-state index in [-0.39, 0.29) is 5.91 Å². The lowest BCUT2D eigenvalue weighted by Crippen LogP contribution is -2.52. The summed E-state index contributed by atoms with van der Waals surface area (Å²) in [6, 6.07) is 15.9. The molecule has 0 unspecified atom stereocenters. The first-order valence-electron chi connectivity index (χ1n) is 9.52. The van der Waals surface area contributed by atoms with Crippen LogP contribution in [0.2, 0.25) is 0 Å². The Kier molecular flexibility index (Phi) is 6.22. The van der Waals surface area contributed by atoms with E-state index >= 15 is 0 Å². The van der Waals surface area contributed by atoms with Crippen LogP contribution < -0.4 is 14.4 Å². The molecule has 27 heavy (non-hydrogen) atoms. The minimum absolute atomic E-state index is 0.0772. The summed E-state index contributed by atoms with van der Waals surface area (Å²) < 4.78 is 11.2. The molecule has 0 saturated carbocycles. The number of hydrogen-bond acceptors (Lipinski definition) is 4. The second-order valence-corrected chi connectivity index (χ2v) is 6.84. The Morgan fingerprint density at radius 1 is 1.04 bits per heavy atom. The summed E-state index contributed by atoms with van der Waals surface area (Å²) in [6.45, 7) is 7.06. The Hall–Kier alpha value is -2.69. The van der Waals surface area contributed by atoms with Crippen molar-refractivity contribution in [1.82, 2.24) is 4.90 Å². The van der Waals surface area contributed by atoms with Crippen LogP contribution in [0.1, 0.15) is 18.9 Å². The monoisotopic (exact) mass is 368 g/mol.